The van der Waals surface area contributed by atoms with Gasteiger partial charge in [0.05, 0.1) is 31.5 Å². The Morgan fingerprint density at radius 2 is 1.57 bits per heavy atom. The predicted molar refractivity (Wildman–Crippen MR) is 126 cm³/mol. The summed E-state index contributed by atoms with van der Waals surface area (Å²) in [6.45, 7) is 0.884. The molecule has 0 unspecified atom stereocenters. The van der Waals surface area contributed by atoms with Crippen molar-refractivity contribution in [1.82, 2.24) is 0 Å². The number of rotatable bonds is 8. The highest BCUT2D eigenvalue weighted by molar-refractivity contribution is 5.89. The molecule has 1 N–H and O–H groups in total. The molecule has 2 aliphatic rings. The van der Waals surface area contributed by atoms with Crippen molar-refractivity contribution in [3.05, 3.63) is 107 Å². The number of fused-ring (bicyclic) bond motifs is 1. The predicted octanol–water partition coefficient (Wildman–Crippen LogP) is 4.72. The molecule has 182 valence electrons. The first-order chi connectivity index (χ1) is 17.2. The van der Waals surface area contributed by atoms with Gasteiger partial charge in [-0.1, -0.05) is 78.9 Å². The SMILES string of the molecule is O=C(O)c1ccccc1CO[C@@H]1C[C@@H](OCc2ccccc2)[C@@H]2O[C@H](c3ccccc3)OC[C@H]2O1. The number of carboxylic acids is 1. The summed E-state index contributed by atoms with van der Waals surface area (Å²) >= 11 is 0. The van der Waals surface area contributed by atoms with Gasteiger partial charge in [-0.25, -0.2) is 4.79 Å². The van der Waals surface area contributed by atoms with Crippen LogP contribution in [-0.4, -0.2) is 42.3 Å². The Hall–Kier alpha value is -3.07. The Morgan fingerprint density at radius 1 is 0.857 bits per heavy atom. The quantitative estimate of drug-likeness (QED) is 0.504. The molecule has 0 saturated carbocycles. The number of carboxylic acid groups (broad SMARTS) is 1. The van der Waals surface area contributed by atoms with Crippen LogP contribution in [0.2, 0.25) is 0 Å². The van der Waals surface area contributed by atoms with Crippen LogP contribution < -0.4 is 0 Å². The summed E-state index contributed by atoms with van der Waals surface area (Å²) in [4.78, 5) is 11.5. The van der Waals surface area contributed by atoms with Gasteiger partial charge in [-0.15, -0.1) is 0 Å². The van der Waals surface area contributed by atoms with Crippen LogP contribution in [0.1, 0.15) is 39.8 Å². The van der Waals surface area contributed by atoms with E-state index in [1.54, 1.807) is 24.3 Å². The molecule has 0 radical (unpaired) electrons. The van der Waals surface area contributed by atoms with Crippen molar-refractivity contribution < 1.29 is 33.6 Å². The van der Waals surface area contributed by atoms with E-state index in [4.69, 9.17) is 23.7 Å². The van der Waals surface area contributed by atoms with Gasteiger partial charge in [0.1, 0.15) is 12.2 Å². The molecular formula is C28H28O7. The number of benzene rings is 3. The minimum Gasteiger partial charge on any atom is -0.478 e. The second kappa shape index (κ2) is 11.1. The molecular weight excluding hydrogens is 448 g/mol. The maximum absolute atomic E-state index is 11.5. The summed E-state index contributed by atoms with van der Waals surface area (Å²) in [5.41, 5.74) is 2.81. The Kier molecular flexibility index (Phi) is 7.51. The van der Waals surface area contributed by atoms with E-state index in [0.717, 1.165) is 11.1 Å². The number of hydrogen-bond acceptors (Lipinski definition) is 6. The van der Waals surface area contributed by atoms with Crippen LogP contribution in [0.5, 0.6) is 0 Å². The molecule has 0 bridgehead atoms. The van der Waals surface area contributed by atoms with Crippen LogP contribution in [0.4, 0.5) is 0 Å². The lowest BCUT2D eigenvalue weighted by Gasteiger charge is -2.45. The Morgan fingerprint density at radius 3 is 2.34 bits per heavy atom. The van der Waals surface area contributed by atoms with Gasteiger partial charge in [0.15, 0.2) is 12.6 Å². The fourth-order valence-corrected chi connectivity index (χ4v) is 4.43. The van der Waals surface area contributed by atoms with Gasteiger partial charge in [0.2, 0.25) is 0 Å². The fraction of sp³-hybridized carbons (Fsp3) is 0.321. The highest BCUT2D eigenvalue weighted by atomic mass is 16.7. The van der Waals surface area contributed by atoms with Gasteiger partial charge in [-0.3, -0.25) is 0 Å². The van der Waals surface area contributed by atoms with E-state index < -0.39 is 18.5 Å². The summed E-state index contributed by atoms with van der Waals surface area (Å²) in [5, 5.41) is 9.46. The van der Waals surface area contributed by atoms with E-state index in [-0.39, 0.29) is 30.5 Å². The van der Waals surface area contributed by atoms with Crippen molar-refractivity contribution in [3.63, 3.8) is 0 Å². The minimum absolute atomic E-state index is 0.115. The van der Waals surface area contributed by atoms with Crippen LogP contribution in [0.3, 0.4) is 0 Å². The molecule has 0 aliphatic carbocycles. The maximum atomic E-state index is 11.5. The molecule has 7 heteroatoms. The highest BCUT2D eigenvalue weighted by Gasteiger charge is 2.45. The topological polar surface area (TPSA) is 83.5 Å². The van der Waals surface area contributed by atoms with Crippen molar-refractivity contribution in [2.24, 2.45) is 0 Å². The summed E-state index contributed by atoms with van der Waals surface area (Å²) in [7, 11) is 0. The molecule has 3 aromatic carbocycles. The molecule has 7 nitrogen and oxygen atoms in total. The van der Waals surface area contributed by atoms with Crippen molar-refractivity contribution >= 4 is 5.97 Å². The van der Waals surface area contributed by atoms with E-state index in [2.05, 4.69) is 0 Å². The third-order valence-corrected chi connectivity index (χ3v) is 6.23. The number of hydrogen-bond donors (Lipinski definition) is 1. The van der Waals surface area contributed by atoms with Crippen molar-refractivity contribution in [1.29, 1.82) is 0 Å². The largest absolute Gasteiger partial charge is 0.478 e. The number of ether oxygens (including phenoxy) is 5. The zero-order valence-corrected chi connectivity index (χ0v) is 19.2. The third kappa shape index (κ3) is 5.78. The fourth-order valence-electron chi connectivity index (χ4n) is 4.43. The summed E-state index contributed by atoms with van der Waals surface area (Å²) in [5.74, 6) is -0.987. The first-order valence-corrected chi connectivity index (χ1v) is 11.7. The molecule has 0 spiro atoms. The second-order valence-electron chi connectivity index (χ2n) is 8.62. The normalized spacial score (nSPS) is 26.1. The van der Waals surface area contributed by atoms with Gasteiger partial charge in [-0.05, 0) is 17.2 Å². The van der Waals surface area contributed by atoms with Crippen LogP contribution in [0, 0.1) is 0 Å². The molecule has 2 heterocycles. The van der Waals surface area contributed by atoms with Crippen molar-refractivity contribution in [3.8, 4) is 0 Å². The Bertz CT molecular complexity index is 1100. The Labute approximate surface area is 204 Å². The molecule has 2 saturated heterocycles. The number of carbonyl (C=O) groups is 1. The van der Waals surface area contributed by atoms with E-state index >= 15 is 0 Å². The van der Waals surface area contributed by atoms with Crippen LogP contribution in [-0.2, 0) is 36.9 Å². The average Bonchev–Trinajstić information content (AvgIpc) is 2.91. The van der Waals surface area contributed by atoms with Crippen LogP contribution in [0.25, 0.3) is 0 Å². The zero-order chi connectivity index (χ0) is 24.0. The van der Waals surface area contributed by atoms with Crippen LogP contribution >= 0.6 is 0 Å². The minimum atomic E-state index is -0.987. The van der Waals surface area contributed by atoms with Gasteiger partial charge >= 0.3 is 5.97 Å². The summed E-state index contributed by atoms with van der Waals surface area (Å²) < 4.78 is 30.8. The molecule has 35 heavy (non-hydrogen) atoms. The zero-order valence-electron chi connectivity index (χ0n) is 19.2. The van der Waals surface area contributed by atoms with Crippen molar-refractivity contribution in [2.45, 2.75) is 50.5 Å². The van der Waals surface area contributed by atoms with Gasteiger partial charge in [0, 0.05) is 12.0 Å². The molecule has 5 atom stereocenters. The van der Waals surface area contributed by atoms with E-state index in [1.807, 2.05) is 60.7 Å². The van der Waals surface area contributed by atoms with E-state index in [1.165, 1.54) is 0 Å². The summed E-state index contributed by atoms with van der Waals surface area (Å²) in [6.07, 6.45) is -1.62. The average molecular weight is 477 g/mol. The molecule has 3 aromatic rings. The van der Waals surface area contributed by atoms with E-state index in [0.29, 0.717) is 25.2 Å². The van der Waals surface area contributed by atoms with Gasteiger partial charge in [0.25, 0.3) is 0 Å². The number of aromatic carboxylic acids is 1. The monoisotopic (exact) mass is 476 g/mol. The third-order valence-electron chi connectivity index (χ3n) is 6.23. The molecule has 0 aromatic heterocycles. The van der Waals surface area contributed by atoms with Gasteiger partial charge in [-0.2, -0.15) is 0 Å². The maximum Gasteiger partial charge on any atom is 0.336 e. The summed E-state index contributed by atoms with van der Waals surface area (Å²) in [6, 6.07) is 26.6. The Balaban J connectivity index is 1.29. The first-order valence-electron chi connectivity index (χ1n) is 11.7. The molecule has 2 fully saturated rings. The van der Waals surface area contributed by atoms with Crippen molar-refractivity contribution in [2.75, 3.05) is 6.61 Å². The van der Waals surface area contributed by atoms with Crippen LogP contribution in [0.15, 0.2) is 84.9 Å². The van der Waals surface area contributed by atoms with E-state index in [9.17, 15) is 9.90 Å². The smallest absolute Gasteiger partial charge is 0.336 e. The lowest BCUT2D eigenvalue weighted by molar-refractivity contribution is -0.343. The highest BCUT2D eigenvalue weighted by Crippen LogP contribution is 2.36. The standard InChI is InChI=1S/C28H28O7/c29-27(30)22-14-8-7-13-21(22)17-32-25-15-23(31-16-19-9-3-1-4-10-19)26-24(34-25)18-33-28(35-26)20-11-5-2-6-12-20/h1-14,23-26,28H,15-18H2,(H,29,30)/t23-,24-,25+,26+,28-/m1/s1. The molecule has 2 aliphatic heterocycles. The van der Waals surface area contributed by atoms with Gasteiger partial charge < -0.3 is 28.8 Å². The molecule has 5 rings (SSSR count). The lowest BCUT2D eigenvalue weighted by Crippen LogP contribution is -2.56. The first kappa shape index (κ1) is 23.7. The lowest BCUT2D eigenvalue weighted by atomic mass is 9.99. The second-order valence-corrected chi connectivity index (χ2v) is 8.62. The molecule has 0 amide bonds.